The van der Waals surface area contributed by atoms with Gasteiger partial charge in [-0.3, -0.25) is 4.79 Å². The van der Waals surface area contributed by atoms with Crippen LogP contribution in [-0.4, -0.2) is 20.0 Å². The highest BCUT2D eigenvalue weighted by molar-refractivity contribution is 5.81. The Bertz CT molecular complexity index is 521. The molecule has 3 rings (SSSR count). The third-order valence-corrected chi connectivity index (χ3v) is 4.66. The second-order valence-electron chi connectivity index (χ2n) is 5.71. The SMILES string of the molecule is COc1cc2c(c(OC)c1)[C@@]1(CCCC(=O)C1)CC2. The fraction of sp³-hybridized carbons (Fsp3) is 0.562. The topological polar surface area (TPSA) is 35.5 Å². The van der Waals surface area contributed by atoms with Crippen molar-refractivity contribution in [3.63, 3.8) is 0 Å². The van der Waals surface area contributed by atoms with Crippen LogP contribution in [0.5, 0.6) is 11.5 Å². The smallest absolute Gasteiger partial charge is 0.133 e. The summed E-state index contributed by atoms with van der Waals surface area (Å²) < 4.78 is 10.9. The summed E-state index contributed by atoms with van der Waals surface area (Å²) in [6.45, 7) is 0. The molecule has 1 spiro atoms. The molecule has 3 heteroatoms. The van der Waals surface area contributed by atoms with Crippen molar-refractivity contribution >= 4 is 5.78 Å². The van der Waals surface area contributed by atoms with Crippen molar-refractivity contribution in [1.82, 2.24) is 0 Å². The Morgan fingerprint density at radius 2 is 1.95 bits per heavy atom. The van der Waals surface area contributed by atoms with Crippen molar-refractivity contribution in [3.05, 3.63) is 23.3 Å². The van der Waals surface area contributed by atoms with E-state index in [-0.39, 0.29) is 5.41 Å². The fourth-order valence-electron chi connectivity index (χ4n) is 3.83. The Morgan fingerprint density at radius 1 is 1.11 bits per heavy atom. The number of fused-ring (bicyclic) bond motifs is 2. The first-order chi connectivity index (χ1) is 9.18. The lowest BCUT2D eigenvalue weighted by atomic mass is 9.69. The molecule has 0 amide bonds. The summed E-state index contributed by atoms with van der Waals surface area (Å²) in [4.78, 5) is 11.9. The molecule has 1 atom stereocenters. The van der Waals surface area contributed by atoms with Crippen molar-refractivity contribution in [2.75, 3.05) is 14.2 Å². The zero-order chi connectivity index (χ0) is 13.5. The highest BCUT2D eigenvalue weighted by Crippen LogP contribution is 2.52. The van der Waals surface area contributed by atoms with E-state index in [4.69, 9.17) is 9.47 Å². The lowest BCUT2D eigenvalue weighted by molar-refractivity contribution is -0.122. The zero-order valence-corrected chi connectivity index (χ0v) is 11.6. The Balaban J connectivity index is 2.10. The minimum absolute atomic E-state index is 0.0300. The number of aryl methyl sites for hydroxylation is 1. The van der Waals surface area contributed by atoms with Gasteiger partial charge in [-0.1, -0.05) is 0 Å². The van der Waals surface area contributed by atoms with Crippen LogP contribution in [0.1, 0.15) is 43.2 Å². The first-order valence-corrected chi connectivity index (χ1v) is 6.95. The second-order valence-corrected chi connectivity index (χ2v) is 5.71. The molecule has 1 aromatic carbocycles. The van der Waals surface area contributed by atoms with Crippen LogP contribution in [-0.2, 0) is 16.6 Å². The van der Waals surface area contributed by atoms with Gasteiger partial charge in [0.05, 0.1) is 14.2 Å². The molecule has 0 bridgehead atoms. The summed E-state index contributed by atoms with van der Waals surface area (Å²) in [6, 6.07) is 4.05. The number of ether oxygens (including phenoxy) is 2. The molecule has 1 fully saturated rings. The number of carbonyl (C=O) groups excluding carboxylic acids is 1. The van der Waals surface area contributed by atoms with Gasteiger partial charge in [0, 0.05) is 29.9 Å². The Morgan fingerprint density at radius 3 is 2.63 bits per heavy atom. The fourth-order valence-corrected chi connectivity index (χ4v) is 3.83. The highest BCUT2D eigenvalue weighted by Gasteiger charge is 2.44. The van der Waals surface area contributed by atoms with Crippen LogP contribution in [0.25, 0.3) is 0 Å². The molecule has 2 aliphatic carbocycles. The number of hydrogen-bond donors (Lipinski definition) is 0. The molecule has 19 heavy (non-hydrogen) atoms. The van der Waals surface area contributed by atoms with Gasteiger partial charge in [-0.05, 0) is 37.3 Å². The molecular weight excluding hydrogens is 240 g/mol. The van der Waals surface area contributed by atoms with Crippen molar-refractivity contribution in [3.8, 4) is 11.5 Å². The van der Waals surface area contributed by atoms with Gasteiger partial charge < -0.3 is 9.47 Å². The molecule has 0 aromatic heterocycles. The molecule has 102 valence electrons. The van der Waals surface area contributed by atoms with E-state index in [1.165, 1.54) is 11.1 Å². The van der Waals surface area contributed by atoms with E-state index < -0.39 is 0 Å². The van der Waals surface area contributed by atoms with Gasteiger partial charge in [-0.2, -0.15) is 0 Å². The summed E-state index contributed by atoms with van der Waals surface area (Å²) in [7, 11) is 3.38. The maximum atomic E-state index is 11.9. The quantitative estimate of drug-likeness (QED) is 0.820. The van der Waals surface area contributed by atoms with Crippen molar-refractivity contribution in [2.45, 2.75) is 43.9 Å². The molecule has 0 heterocycles. The van der Waals surface area contributed by atoms with Crippen LogP contribution in [0.3, 0.4) is 0 Å². The van der Waals surface area contributed by atoms with E-state index in [2.05, 4.69) is 6.07 Å². The molecule has 0 aliphatic heterocycles. The maximum absolute atomic E-state index is 11.9. The van der Waals surface area contributed by atoms with Crippen molar-refractivity contribution in [1.29, 1.82) is 0 Å². The van der Waals surface area contributed by atoms with E-state index in [0.29, 0.717) is 12.2 Å². The lowest BCUT2D eigenvalue weighted by Crippen LogP contribution is -2.31. The number of hydrogen-bond acceptors (Lipinski definition) is 3. The average molecular weight is 260 g/mol. The van der Waals surface area contributed by atoms with Crippen LogP contribution in [0.15, 0.2) is 12.1 Å². The molecule has 0 N–H and O–H groups in total. The molecule has 0 radical (unpaired) electrons. The van der Waals surface area contributed by atoms with Crippen LogP contribution in [0, 0.1) is 0 Å². The summed E-state index contributed by atoms with van der Waals surface area (Å²) in [5, 5.41) is 0. The van der Waals surface area contributed by atoms with E-state index in [1.807, 2.05) is 6.07 Å². The maximum Gasteiger partial charge on any atom is 0.133 e. The van der Waals surface area contributed by atoms with E-state index in [1.54, 1.807) is 14.2 Å². The summed E-state index contributed by atoms with van der Waals surface area (Å²) in [6.07, 6.45) is 5.63. The second kappa shape index (κ2) is 4.55. The Hall–Kier alpha value is -1.51. The van der Waals surface area contributed by atoms with E-state index in [9.17, 15) is 4.79 Å². The number of rotatable bonds is 2. The predicted molar refractivity (Wildman–Crippen MR) is 73.0 cm³/mol. The van der Waals surface area contributed by atoms with Gasteiger partial charge in [-0.15, -0.1) is 0 Å². The third kappa shape index (κ3) is 1.92. The molecule has 0 saturated heterocycles. The van der Waals surface area contributed by atoms with Gasteiger partial charge in [0.1, 0.15) is 17.3 Å². The molecular formula is C16H20O3. The minimum atomic E-state index is 0.0300. The number of carbonyl (C=O) groups is 1. The standard InChI is InChI=1S/C16H20O3/c1-18-13-8-11-5-7-16(6-3-4-12(17)10-16)15(11)14(9-13)19-2/h8-9H,3-7,10H2,1-2H3/t16-/m0/s1. The van der Waals surface area contributed by atoms with Crippen LogP contribution < -0.4 is 9.47 Å². The van der Waals surface area contributed by atoms with Crippen LogP contribution in [0.2, 0.25) is 0 Å². The first kappa shape index (κ1) is 12.5. The van der Waals surface area contributed by atoms with Crippen molar-refractivity contribution in [2.24, 2.45) is 0 Å². The van der Waals surface area contributed by atoms with Gasteiger partial charge >= 0.3 is 0 Å². The molecule has 0 unspecified atom stereocenters. The molecule has 1 saturated carbocycles. The lowest BCUT2D eigenvalue weighted by Gasteiger charge is -2.34. The highest BCUT2D eigenvalue weighted by atomic mass is 16.5. The van der Waals surface area contributed by atoms with Crippen LogP contribution >= 0.6 is 0 Å². The summed E-state index contributed by atoms with van der Waals surface area (Å²) in [5.41, 5.74) is 2.59. The van der Waals surface area contributed by atoms with E-state index >= 15 is 0 Å². The molecule has 3 nitrogen and oxygen atoms in total. The minimum Gasteiger partial charge on any atom is -0.497 e. The summed E-state index contributed by atoms with van der Waals surface area (Å²) in [5.74, 6) is 2.13. The van der Waals surface area contributed by atoms with E-state index in [0.717, 1.165) is 43.6 Å². The van der Waals surface area contributed by atoms with Gasteiger partial charge in [0.25, 0.3) is 0 Å². The Kier molecular flexibility index (Phi) is 3.00. The number of Topliss-reactive ketones (excluding diaryl/α,β-unsaturated/α-hetero) is 1. The van der Waals surface area contributed by atoms with Gasteiger partial charge in [-0.25, -0.2) is 0 Å². The number of benzene rings is 1. The number of methoxy groups -OCH3 is 2. The van der Waals surface area contributed by atoms with Gasteiger partial charge in [0.2, 0.25) is 0 Å². The normalized spacial score (nSPS) is 25.5. The average Bonchev–Trinajstić information content (AvgIpc) is 2.76. The van der Waals surface area contributed by atoms with Crippen LogP contribution in [0.4, 0.5) is 0 Å². The monoisotopic (exact) mass is 260 g/mol. The zero-order valence-electron chi connectivity index (χ0n) is 11.6. The summed E-state index contributed by atoms with van der Waals surface area (Å²) >= 11 is 0. The number of ketones is 1. The third-order valence-electron chi connectivity index (χ3n) is 4.66. The van der Waals surface area contributed by atoms with Gasteiger partial charge in [0.15, 0.2) is 0 Å². The molecule has 2 aliphatic rings. The predicted octanol–water partition coefficient (Wildman–Crippen LogP) is 3.03. The first-order valence-electron chi connectivity index (χ1n) is 6.95. The largest absolute Gasteiger partial charge is 0.497 e. The van der Waals surface area contributed by atoms with Crippen molar-refractivity contribution < 1.29 is 14.3 Å². The molecule has 1 aromatic rings. The Labute approximate surface area is 113 Å².